The van der Waals surface area contributed by atoms with Gasteiger partial charge in [-0.05, 0) is 37.8 Å². The SMILES string of the molecule is CCNC(=O)N(CC(=O)N(Cc1cccn1C)CC(C)C)C1CCCCC1. The molecule has 6 heteroatoms. The highest BCUT2D eigenvalue weighted by atomic mass is 16.2. The van der Waals surface area contributed by atoms with Gasteiger partial charge in [-0.1, -0.05) is 33.1 Å². The molecule has 1 fully saturated rings. The first-order valence-corrected chi connectivity index (χ1v) is 10.3. The number of urea groups is 1. The molecule has 2 rings (SSSR count). The number of nitrogens with zero attached hydrogens (tertiary/aromatic N) is 3. The molecule has 0 radical (unpaired) electrons. The molecule has 1 heterocycles. The second kappa shape index (κ2) is 10.4. The summed E-state index contributed by atoms with van der Waals surface area (Å²) < 4.78 is 2.04. The standard InChI is InChI=1S/C21H36N4O2/c1-5-22-21(27)25(18-10-7-6-8-11-18)16-20(26)24(14-17(2)3)15-19-12-9-13-23(19)4/h9,12-13,17-18H,5-8,10-11,14-16H2,1-4H3,(H,22,27). The number of amides is 3. The molecule has 0 saturated heterocycles. The van der Waals surface area contributed by atoms with Crippen molar-refractivity contribution in [2.24, 2.45) is 13.0 Å². The van der Waals surface area contributed by atoms with E-state index in [0.717, 1.165) is 31.4 Å². The Kier molecular flexibility index (Phi) is 8.20. The van der Waals surface area contributed by atoms with Crippen LogP contribution in [0.5, 0.6) is 0 Å². The van der Waals surface area contributed by atoms with Gasteiger partial charge in [0.15, 0.2) is 0 Å². The van der Waals surface area contributed by atoms with Gasteiger partial charge in [-0.15, -0.1) is 0 Å². The Balaban J connectivity index is 2.12. The van der Waals surface area contributed by atoms with E-state index in [1.165, 1.54) is 6.42 Å². The van der Waals surface area contributed by atoms with Gasteiger partial charge in [0.25, 0.3) is 0 Å². The summed E-state index contributed by atoms with van der Waals surface area (Å²) in [6, 6.07) is 4.10. The predicted octanol–water partition coefficient (Wildman–Crippen LogP) is 3.37. The van der Waals surface area contributed by atoms with Crippen LogP contribution in [0, 0.1) is 5.92 Å². The van der Waals surface area contributed by atoms with Gasteiger partial charge in [-0.2, -0.15) is 0 Å². The lowest BCUT2D eigenvalue weighted by molar-refractivity contribution is -0.133. The molecule has 0 bridgehead atoms. The summed E-state index contributed by atoms with van der Waals surface area (Å²) in [5.41, 5.74) is 1.10. The third-order valence-electron chi connectivity index (χ3n) is 5.25. The summed E-state index contributed by atoms with van der Waals surface area (Å²) in [5.74, 6) is 0.406. The normalized spacial score (nSPS) is 15.0. The fourth-order valence-corrected chi connectivity index (χ4v) is 3.81. The van der Waals surface area contributed by atoms with Gasteiger partial charge in [0, 0.05) is 38.1 Å². The summed E-state index contributed by atoms with van der Waals surface area (Å²) in [4.78, 5) is 29.5. The van der Waals surface area contributed by atoms with Gasteiger partial charge in [0.05, 0.1) is 6.54 Å². The second-order valence-corrected chi connectivity index (χ2v) is 8.03. The first kappa shape index (κ1) is 21.3. The van der Waals surface area contributed by atoms with E-state index >= 15 is 0 Å². The zero-order valence-corrected chi connectivity index (χ0v) is 17.4. The maximum absolute atomic E-state index is 13.2. The van der Waals surface area contributed by atoms with Crippen LogP contribution in [0.3, 0.4) is 0 Å². The Bertz CT molecular complexity index is 605. The van der Waals surface area contributed by atoms with Crippen molar-refractivity contribution in [3.63, 3.8) is 0 Å². The number of carbonyl (C=O) groups excluding carboxylic acids is 2. The Morgan fingerprint density at radius 3 is 2.52 bits per heavy atom. The lowest BCUT2D eigenvalue weighted by Crippen LogP contribution is -2.52. The van der Waals surface area contributed by atoms with Crippen molar-refractivity contribution < 1.29 is 9.59 Å². The number of nitrogens with one attached hydrogen (secondary N) is 1. The van der Waals surface area contributed by atoms with Crippen LogP contribution in [-0.2, 0) is 18.4 Å². The van der Waals surface area contributed by atoms with Crippen LogP contribution in [0.2, 0.25) is 0 Å². The highest BCUT2D eigenvalue weighted by Crippen LogP contribution is 2.23. The molecule has 152 valence electrons. The molecule has 1 aliphatic carbocycles. The number of hydrogen-bond donors (Lipinski definition) is 1. The molecule has 3 amide bonds. The number of rotatable bonds is 8. The molecule has 1 aromatic heterocycles. The summed E-state index contributed by atoms with van der Waals surface area (Å²) in [5, 5.41) is 2.89. The maximum Gasteiger partial charge on any atom is 0.318 e. The van der Waals surface area contributed by atoms with Crippen LogP contribution in [0.4, 0.5) is 4.79 Å². The summed E-state index contributed by atoms with van der Waals surface area (Å²) in [7, 11) is 2.00. The van der Waals surface area contributed by atoms with Gasteiger partial charge < -0.3 is 19.7 Å². The van der Waals surface area contributed by atoms with Crippen molar-refractivity contribution in [1.82, 2.24) is 19.7 Å². The monoisotopic (exact) mass is 376 g/mol. The van der Waals surface area contributed by atoms with Crippen molar-refractivity contribution in [2.75, 3.05) is 19.6 Å². The van der Waals surface area contributed by atoms with Crippen LogP contribution in [-0.4, -0.2) is 52.0 Å². The Labute approximate surface area is 163 Å². The van der Waals surface area contributed by atoms with Crippen molar-refractivity contribution >= 4 is 11.9 Å². The zero-order chi connectivity index (χ0) is 19.8. The zero-order valence-electron chi connectivity index (χ0n) is 17.4. The lowest BCUT2D eigenvalue weighted by Gasteiger charge is -2.35. The summed E-state index contributed by atoms with van der Waals surface area (Å²) in [6.07, 6.45) is 7.47. The highest BCUT2D eigenvalue weighted by Gasteiger charge is 2.29. The molecule has 0 aromatic carbocycles. The molecule has 1 aromatic rings. The van der Waals surface area contributed by atoms with Crippen molar-refractivity contribution in [3.05, 3.63) is 24.0 Å². The Morgan fingerprint density at radius 2 is 1.96 bits per heavy atom. The minimum atomic E-state index is -0.110. The number of carbonyl (C=O) groups is 2. The quantitative estimate of drug-likeness (QED) is 0.756. The van der Waals surface area contributed by atoms with E-state index in [1.54, 1.807) is 4.90 Å². The van der Waals surface area contributed by atoms with Gasteiger partial charge in [0.1, 0.15) is 6.54 Å². The molecule has 0 atom stereocenters. The second-order valence-electron chi connectivity index (χ2n) is 8.03. The Morgan fingerprint density at radius 1 is 1.26 bits per heavy atom. The summed E-state index contributed by atoms with van der Waals surface area (Å²) in [6.45, 7) is 8.16. The van der Waals surface area contributed by atoms with Crippen molar-refractivity contribution in [1.29, 1.82) is 0 Å². The minimum absolute atomic E-state index is 0.0294. The highest BCUT2D eigenvalue weighted by molar-refractivity contribution is 5.84. The first-order chi connectivity index (χ1) is 12.9. The van der Waals surface area contributed by atoms with Gasteiger partial charge >= 0.3 is 6.03 Å². The smallest absolute Gasteiger partial charge is 0.318 e. The minimum Gasteiger partial charge on any atom is -0.353 e. The molecule has 0 spiro atoms. The van der Waals surface area contributed by atoms with E-state index < -0.39 is 0 Å². The molecule has 1 aliphatic rings. The van der Waals surface area contributed by atoms with Gasteiger partial charge in [-0.3, -0.25) is 4.79 Å². The van der Waals surface area contributed by atoms with Crippen LogP contribution < -0.4 is 5.32 Å². The fraction of sp³-hybridized carbons (Fsp3) is 0.714. The molecular formula is C21H36N4O2. The molecule has 1 saturated carbocycles. The number of aromatic nitrogens is 1. The predicted molar refractivity (Wildman–Crippen MR) is 108 cm³/mol. The summed E-state index contributed by atoms with van der Waals surface area (Å²) >= 11 is 0. The molecule has 1 N–H and O–H groups in total. The molecule has 0 aliphatic heterocycles. The van der Waals surface area contributed by atoms with Crippen LogP contribution >= 0.6 is 0 Å². The van der Waals surface area contributed by atoms with Crippen molar-refractivity contribution in [2.45, 2.75) is 65.5 Å². The van der Waals surface area contributed by atoms with Crippen molar-refractivity contribution in [3.8, 4) is 0 Å². The topological polar surface area (TPSA) is 57.6 Å². The van der Waals surface area contributed by atoms with Gasteiger partial charge in [0.2, 0.25) is 5.91 Å². The maximum atomic E-state index is 13.2. The average molecular weight is 377 g/mol. The number of aryl methyl sites for hydroxylation is 1. The third-order valence-corrected chi connectivity index (χ3v) is 5.25. The van der Waals surface area contributed by atoms with E-state index in [2.05, 4.69) is 19.2 Å². The van der Waals surface area contributed by atoms with E-state index in [-0.39, 0.29) is 24.5 Å². The fourth-order valence-electron chi connectivity index (χ4n) is 3.81. The van der Waals surface area contributed by atoms with Crippen LogP contribution in [0.1, 0.15) is 58.6 Å². The average Bonchev–Trinajstić information content (AvgIpc) is 3.04. The molecule has 27 heavy (non-hydrogen) atoms. The largest absolute Gasteiger partial charge is 0.353 e. The van der Waals surface area contributed by atoms with E-state index in [1.807, 2.05) is 41.8 Å². The number of hydrogen-bond acceptors (Lipinski definition) is 2. The first-order valence-electron chi connectivity index (χ1n) is 10.3. The van der Waals surface area contributed by atoms with Crippen LogP contribution in [0.15, 0.2) is 18.3 Å². The molecule has 6 nitrogen and oxygen atoms in total. The van der Waals surface area contributed by atoms with E-state index in [9.17, 15) is 9.59 Å². The molecular weight excluding hydrogens is 340 g/mol. The van der Waals surface area contributed by atoms with Crippen LogP contribution in [0.25, 0.3) is 0 Å². The van der Waals surface area contributed by atoms with E-state index in [0.29, 0.717) is 25.6 Å². The molecule has 0 unspecified atom stereocenters. The van der Waals surface area contributed by atoms with E-state index in [4.69, 9.17) is 0 Å². The Hall–Kier alpha value is -1.98. The van der Waals surface area contributed by atoms with Gasteiger partial charge in [-0.25, -0.2) is 4.79 Å². The third kappa shape index (κ3) is 6.29. The lowest BCUT2D eigenvalue weighted by atomic mass is 9.94.